The molecule has 0 bridgehead atoms. The van der Waals surface area contributed by atoms with E-state index in [2.05, 4.69) is 0 Å². The van der Waals surface area contributed by atoms with Gasteiger partial charge in [-0.05, 0) is 32.9 Å². The second-order valence-electron chi connectivity index (χ2n) is 3.14. The lowest BCUT2D eigenvalue weighted by Gasteiger charge is -2.12. The van der Waals surface area contributed by atoms with Crippen LogP contribution in [0.5, 0.6) is 5.75 Å². The van der Waals surface area contributed by atoms with Gasteiger partial charge in [-0.15, -0.1) is 0 Å². The van der Waals surface area contributed by atoms with Crippen molar-refractivity contribution in [2.45, 2.75) is 26.9 Å². The first kappa shape index (κ1) is 8.91. The van der Waals surface area contributed by atoms with E-state index in [1.807, 2.05) is 39.0 Å². The molecule has 0 saturated carbocycles. The van der Waals surface area contributed by atoms with Crippen LogP contribution < -0.4 is 10.5 Å². The standard InChI is InChI=1S/C10H15NO/c1-7(2)12-10-6-4-5-9(11)8(10)3/h4-7H,11H2,1-3H3. The van der Waals surface area contributed by atoms with Gasteiger partial charge in [0.1, 0.15) is 5.75 Å². The zero-order chi connectivity index (χ0) is 9.14. The first-order valence-corrected chi connectivity index (χ1v) is 4.13. The molecule has 1 rings (SSSR count). The first-order valence-electron chi connectivity index (χ1n) is 4.13. The third-order valence-corrected chi connectivity index (χ3v) is 1.69. The van der Waals surface area contributed by atoms with E-state index < -0.39 is 0 Å². The maximum absolute atomic E-state index is 5.72. The summed E-state index contributed by atoms with van der Waals surface area (Å²) >= 11 is 0. The van der Waals surface area contributed by atoms with Crippen molar-refractivity contribution < 1.29 is 4.74 Å². The zero-order valence-corrected chi connectivity index (χ0v) is 7.79. The number of rotatable bonds is 2. The Labute approximate surface area is 73.3 Å². The van der Waals surface area contributed by atoms with E-state index in [1.165, 1.54) is 0 Å². The van der Waals surface area contributed by atoms with Crippen molar-refractivity contribution in [2.75, 3.05) is 5.73 Å². The van der Waals surface area contributed by atoms with E-state index in [0.29, 0.717) is 0 Å². The fraction of sp³-hybridized carbons (Fsp3) is 0.400. The number of nitrogens with two attached hydrogens (primary N) is 1. The van der Waals surface area contributed by atoms with E-state index in [4.69, 9.17) is 10.5 Å². The number of benzene rings is 1. The van der Waals surface area contributed by atoms with Gasteiger partial charge in [-0.25, -0.2) is 0 Å². The molecule has 0 aromatic heterocycles. The van der Waals surface area contributed by atoms with Crippen LogP contribution in [-0.4, -0.2) is 6.10 Å². The Bertz CT molecular complexity index is 269. The van der Waals surface area contributed by atoms with Gasteiger partial charge in [-0.2, -0.15) is 0 Å². The fourth-order valence-corrected chi connectivity index (χ4v) is 1.01. The first-order chi connectivity index (χ1) is 5.61. The van der Waals surface area contributed by atoms with Crippen LogP contribution >= 0.6 is 0 Å². The molecule has 0 saturated heterocycles. The molecule has 1 aromatic rings. The van der Waals surface area contributed by atoms with Gasteiger partial charge < -0.3 is 10.5 Å². The SMILES string of the molecule is Cc1c(N)cccc1OC(C)C. The van der Waals surface area contributed by atoms with Crippen LogP contribution in [0, 0.1) is 6.92 Å². The summed E-state index contributed by atoms with van der Waals surface area (Å²) in [6, 6.07) is 5.72. The molecule has 0 fully saturated rings. The van der Waals surface area contributed by atoms with Crippen molar-refractivity contribution in [3.8, 4) is 5.75 Å². The molecule has 2 heteroatoms. The van der Waals surface area contributed by atoms with Gasteiger partial charge in [-0.3, -0.25) is 0 Å². The Morgan fingerprint density at radius 2 is 2.00 bits per heavy atom. The average Bonchev–Trinajstić information content (AvgIpc) is 1.98. The Morgan fingerprint density at radius 3 is 2.58 bits per heavy atom. The van der Waals surface area contributed by atoms with Crippen LogP contribution in [0.2, 0.25) is 0 Å². The smallest absolute Gasteiger partial charge is 0.124 e. The normalized spacial score (nSPS) is 10.3. The highest BCUT2D eigenvalue weighted by atomic mass is 16.5. The summed E-state index contributed by atoms with van der Waals surface area (Å²) in [5.74, 6) is 0.880. The minimum absolute atomic E-state index is 0.200. The molecule has 2 nitrogen and oxygen atoms in total. The van der Waals surface area contributed by atoms with Crippen LogP contribution in [0.25, 0.3) is 0 Å². The Morgan fingerprint density at radius 1 is 1.33 bits per heavy atom. The third-order valence-electron chi connectivity index (χ3n) is 1.69. The molecule has 0 amide bonds. The summed E-state index contributed by atoms with van der Waals surface area (Å²) in [5.41, 5.74) is 7.52. The van der Waals surface area contributed by atoms with Crippen molar-refractivity contribution >= 4 is 5.69 Å². The van der Waals surface area contributed by atoms with E-state index in [9.17, 15) is 0 Å². The van der Waals surface area contributed by atoms with E-state index >= 15 is 0 Å². The lowest BCUT2D eigenvalue weighted by molar-refractivity contribution is 0.241. The predicted molar refractivity (Wildman–Crippen MR) is 51.4 cm³/mol. The molecule has 0 unspecified atom stereocenters. The summed E-state index contributed by atoms with van der Waals surface area (Å²) in [7, 11) is 0. The molecule has 12 heavy (non-hydrogen) atoms. The van der Waals surface area contributed by atoms with Crippen LogP contribution in [0.4, 0.5) is 5.69 Å². The summed E-state index contributed by atoms with van der Waals surface area (Å²) in [6.07, 6.45) is 0.200. The molecule has 0 radical (unpaired) electrons. The Hall–Kier alpha value is -1.18. The van der Waals surface area contributed by atoms with Crippen LogP contribution in [-0.2, 0) is 0 Å². The van der Waals surface area contributed by atoms with E-state index in [-0.39, 0.29) is 6.10 Å². The molecular weight excluding hydrogens is 150 g/mol. The van der Waals surface area contributed by atoms with E-state index in [1.54, 1.807) is 0 Å². The number of hydrogen-bond acceptors (Lipinski definition) is 2. The highest BCUT2D eigenvalue weighted by Gasteiger charge is 2.02. The number of ether oxygens (including phenoxy) is 1. The molecule has 0 spiro atoms. The minimum atomic E-state index is 0.200. The molecule has 0 aliphatic carbocycles. The maximum atomic E-state index is 5.72. The summed E-state index contributed by atoms with van der Waals surface area (Å²) in [4.78, 5) is 0. The molecule has 0 aliphatic heterocycles. The largest absolute Gasteiger partial charge is 0.491 e. The number of nitrogen functional groups attached to an aromatic ring is 1. The Balaban J connectivity index is 2.92. The lowest BCUT2D eigenvalue weighted by Crippen LogP contribution is -2.07. The van der Waals surface area contributed by atoms with Crippen LogP contribution in [0.1, 0.15) is 19.4 Å². The minimum Gasteiger partial charge on any atom is -0.491 e. The number of anilines is 1. The van der Waals surface area contributed by atoms with Crippen molar-refractivity contribution in [3.05, 3.63) is 23.8 Å². The van der Waals surface area contributed by atoms with Gasteiger partial charge in [-0.1, -0.05) is 6.07 Å². The molecule has 0 aliphatic rings. The second kappa shape index (κ2) is 3.48. The van der Waals surface area contributed by atoms with Crippen molar-refractivity contribution in [2.24, 2.45) is 0 Å². The highest BCUT2D eigenvalue weighted by Crippen LogP contribution is 2.23. The summed E-state index contributed by atoms with van der Waals surface area (Å²) in [5, 5.41) is 0. The van der Waals surface area contributed by atoms with Gasteiger partial charge in [0.2, 0.25) is 0 Å². The topological polar surface area (TPSA) is 35.2 Å². The van der Waals surface area contributed by atoms with Gasteiger partial charge in [0.25, 0.3) is 0 Å². The van der Waals surface area contributed by atoms with Crippen molar-refractivity contribution in [1.82, 2.24) is 0 Å². The van der Waals surface area contributed by atoms with Gasteiger partial charge in [0, 0.05) is 11.3 Å². The van der Waals surface area contributed by atoms with Crippen LogP contribution in [0.3, 0.4) is 0 Å². The van der Waals surface area contributed by atoms with E-state index in [0.717, 1.165) is 17.0 Å². The monoisotopic (exact) mass is 165 g/mol. The predicted octanol–water partition coefficient (Wildman–Crippen LogP) is 2.36. The zero-order valence-electron chi connectivity index (χ0n) is 7.79. The number of hydrogen-bond donors (Lipinski definition) is 1. The summed E-state index contributed by atoms with van der Waals surface area (Å²) < 4.78 is 5.55. The van der Waals surface area contributed by atoms with Crippen LogP contribution in [0.15, 0.2) is 18.2 Å². The molecule has 0 atom stereocenters. The highest BCUT2D eigenvalue weighted by molar-refractivity contribution is 5.53. The molecule has 1 aromatic carbocycles. The summed E-state index contributed by atoms with van der Waals surface area (Å²) in [6.45, 7) is 5.97. The van der Waals surface area contributed by atoms with Crippen molar-refractivity contribution in [3.63, 3.8) is 0 Å². The van der Waals surface area contributed by atoms with Gasteiger partial charge in [0.05, 0.1) is 6.10 Å². The van der Waals surface area contributed by atoms with Gasteiger partial charge >= 0.3 is 0 Å². The lowest BCUT2D eigenvalue weighted by atomic mass is 10.2. The molecule has 0 heterocycles. The maximum Gasteiger partial charge on any atom is 0.124 e. The quantitative estimate of drug-likeness (QED) is 0.683. The molecular formula is C10H15NO. The van der Waals surface area contributed by atoms with Crippen molar-refractivity contribution in [1.29, 1.82) is 0 Å². The fourth-order valence-electron chi connectivity index (χ4n) is 1.01. The third kappa shape index (κ3) is 1.91. The molecule has 66 valence electrons. The van der Waals surface area contributed by atoms with Gasteiger partial charge in [0.15, 0.2) is 0 Å². The molecule has 2 N–H and O–H groups in total. The Kier molecular flexibility index (Phi) is 2.58. The second-order valence-corrected chi connectivity index (χ2v) is 3.14. The average molecular weight is 165 g/mol.